The molecule has 1 aliphatic carbocycles. The van der Waals surface area contributed by atoms with Crippen molar-refractivity contribution in [1.82, 2.24) is 9.80 Å². The molecule has 2 fully saturated rings. The van der Waals surface area contributed by atoms with Crippen LogP contribution in [0.4, 0.5) is 11.4 Å². The zero-order valence-corrected chi connectivity index (χ0v) is 20.0. The van der Waals surface area contributed by atoms with Gasteiger partial charge in [-0.15, -0.1) is 0 Å². The number of ether oxygens (including phenoxy) is 1. The van der Waals surface area contributed by atoms with E-state index >= 15 is 0 Å². The minimum atomic E-state index is -0.948. The Kier molecular flexibility index (Phi) is 8.68. The molecule has 34 heavy (non-hydrogen) atoms. The Hall–Kier alpha value is -2.74. The lowest BCUT2D eigenvalue weighted by Crippen LogP contribution is -2.47. The Morgan fingerprint density at radius 1 is 0.971 bits per heavy atom. The fourth-order valence-corrected chi connectivity index (χ4v) is 4.85. The highest BCUT2D eigenvalue weighted by atomic mass is 16.5. The van der Waals surface area contributed by atoms with E-state index in [1.165, 1.54) is 24.8 Å². The van der Waals surface area contributed by atoms with Crippen LogP contribution in [0.3, 0.4) is 0 Å². The maximum absolute atomic E-state index is 11.2. The number of nitrogens with two attached hydrogens (primary N) is 2. The molecule has 7 nitrogen and oxygen atoms in total. The Bertz CT molecular complexity index is 904. The van der Waals surface area contributed by atoms with Crippen LogP contribution in [0.1, 0.15) is 37.7 Å². The van der Waals surface area contributed by atoms with Crippen molar-refractivity contribution in [2.75, 3.05) is 43.8 Å². The Labute approximate surface area is 203 Å². The number of benzene rings is 2. The van der Waals surface area contributed by atoms with Gasteiger partial charge in [-0.25, -0.2) is 0 Å². The van der Waals surface area contributed by atoms with Crippen molar-refractivity contribution < 1.29 is 9.84 Å². The highest BCUT2D eigenvalue weighted by Gasteiger charge is 2.27. The van der Waals surface area contributed by atoms with Crippen LogP contribution in [0.5, 0.6) is 0 Å². The molecule has 2 aromatic rings. The summed E-state index contributed by atoms with van der Waals surface area (Å²) in [5, 5.41) is 14.4. The summed E-state index contributed by atoms with van der Waals surface area (Å²) in [6, 6.07) is 17.8. The van der Waals surface area contributed by atoms with Crippen molar-refractivity contribution in [3.8, 4) is 0 Å². The number of nitrogen functional groups attached to an aromatic ring is 1. The van der Waals surface area contributed by atoms with Gasteiger partial charge in [0.2, 0.25) is 0 Å². The van der Waals surface area contributed by atoms with Gasteiger partial charge >= 0.3 is 0 Å². The standard InChI is InChI=1S/C27H39N5O2/c28-19-25(32-17-15-31(16-18-32)20-21-11-13-22(29)14-12-21)26(34-24-9-5-2-6-10-24)27(33)30-23-7-3-1-4-8-23/h1,3-4,7-8,11-14,24,27,30,33H,2,5-6,9-10,15-20,28-29H2/b26-25-. The summed E-state index contributed by atoms with van der Waals surface area (Å²) >= 11 is 0. The van der Waals surface area contributed by atoms with Gasteiger partial charge in [-0.3, -0.25) is 4.90 Å². The second-order valence-corrected chi connectivity index (χ2v) is 9.31. The van der Waals surface area contributed by atoms with Gasteiger partial charge in [0.15, 0.2) is 12.0 Å². The molecule has 4 rings (SSSR count). The topological polar surface area (TPSA) is 100 Å². The first-order chi connectivity index (χ1) is 16.6. The molecule has 2 aliphatic rings. The average molecular weight is 466 g/mol. The summed E-state index contributed by atoms with van der Waals surface area (Å²) in [4.78, 5) is 4.73. The zero-order chi connectivity index (χ0) is 23.8. The molecule has 7 heteroatoms. The second kappa shape index (κ2) is 12.1. The van der Waals surface area contributed by atoms with Crippen molar-refractivity contribution in [3.63, 3.8) is 0 Å². The van der Waals surface area contributed by atoms with Gasteiger partial charge in [-0.1, -0.05) is 36.8 Å². The third-order valence-electron chi connectivity index (χ3n) is 6.79. The van der Waals surface area contributed by atoms with E-state index in [2.05, 4.69) is 27.2 Å². The monoisotopic (exact) mass is 465 g/mol. The first-order valence-electron chi connectivity index (χ1n) is 12.5. The lowest BCUT2D eigenvalue weighted by molar-refractivity contribution is 0.0309. The summed E-state index contributed by atoms with van der Waals surface area (Å²) in [7, 11) is 0. The summed E-state index contributed by atoms with van der Waals surface area (Å²) < 4.78 is 6.49. The van der Waals surface area contributed by atoms with Crippen LogP contribution in [-0.4, -0.2) is 60.0 Å². The van der Waals surface area contributed by atoms with E-state index in [-0.39, 0.29) is 6.10 Å². The molecule has 1 heterocycles. The average Bonchev–Trinajstić information content (AvgIpc) is 2.87. The highest BCUT2D eigenvalue weighted by Crippen LogP contribution is 2.27. The van der Waals surface area contributed by atoms with Crippen LogP contribution >= 0.6 is 0 Å². The predicted octanol–water partition coefficient (Wildman–Crippen LogP) is 3.34. The third kappa shape index (κ3) is 6.65. The Balaban J connectivity index is 1.47. The number of para-hydroxylation sites is 1. The Morgan fingerprint density at radius 2 is 1.65 bits per heavy atom. The van der Waals surface area contributed by atoms with Gasteiger partial charge in [0.25, 0.3) is 0 Å². The summed E-state index contributed by atoms with van der Waals surface area (Å²) in [6.07, 6.45) is 4.82. The van der Waals surface area contributed by atoms with Gasteiger partial charge in [0, 0.05) is 50.6 Å². The number of anilines is 2. The van der Waals surface area contributed by atoms with Crippen molar-refractivity contribution in [1.29, 1.82) is 0 Å². The van der Waals surface area contributed by atoms with Crippen LogP contribution in [0.2, 0.25) is 0 Å². The second-order valence-electron chi connectivity index (χ2n) is 9.31. The van der Waals surface area contributed by atoms with Crippen molar-refractivity contribution in [2.45, 2.75) is 51.0 Å². The van der Waals surface area contributed by atoms with Gasteiger partial charge in [-0.2, -0.15) is 0 Å². The minimum absolute atomic E-state index is 0.129. The maximum Gasteiger partial charge on any atom is 0.185 e. The number of aliphatic hydroxyl groups is 1. The molecule has 0 bridgehead atoms. The lowest BCUT2D eigenvalue weighted by atomic mass is 9.97. The van der Waals surface area contributed by atoms with Crippen LogP contribution in [0, 0.1) is 0 Å². The normalized spacial score (nSPS) is 19.4. The van der Waals surface area contributed by atoms with E-state index in [1.54, 1.807) is 0 Å². The quantitative estimate of drug-likeness (QED) is 0.256. The minimum Gasteiger partial charge on any atom is -0.488 e. The number of hydrogen-bond donors (Lipinski definition) is 4. The lowest BCUT2D eigenvalue weighted by Gasteiger charge is -2.39. The SMILES string of the molecule is NC/C(=C(/OC1CCCCC1)C(O)Nc1ccccc1)N1CCN(Cc2ccc(N)cc2)CC1. The molecule has 0 amide bonds. The molecule has 2 aromatic carbocycles. The molecule has 1 atom stereocenters. The van der Waals surface area contributed by atoms with E-state index in [1.807, 2.05) is 42.5 Å². The number of hydrogen-bond acceptors (Lipinski definition) is 7. The fraction of sp³-hybridized carbons (Fsp3) is 0.481. The van der Waals surface area contributed by atoms with Gasteiger partial charge < -0.3 is 31.5 Å². The van der Waals surface area contributed by atoms with Crippen molar-refractivity contribution in [3.05, 3.63) is 71.6 Å². The Morgan fingerprint density at radius 3 is 2.29 bits per heavy atom. The van der Waals surface area contributed by atoms with Crippen LogP contribution < -0.4 is 16.8 Å². The first kappa shape index (κ1) is 24.4. The smallest absolute Gasteiger partial charge is 0.185 e. The molecule has 0 aromatic heterocycles. The number of nitrogens with zero attached hydrogens (tertiary/aromatic N) is 2. The molecule has 0 radical (unpaired) electrons. The molecule has 1 unspecified atom stereocenters. The van der Waals surface area contributed by atoms with Crippen LogP contribution in [0.25, 0.3) is 0 Å². The summed E-state index contributed by atoms with van der Waals surface area (Å²) in [5.74, 6) is 0.574. The van der Waals surface area contributed by atoms with E-state index in [0.717, 1.165) is 62.6 Å². The maximum atomic E-state index is 11.2. The first-order valence-corrected chi connectivity index (χ1v) is 12.5. The zero-order valence-electron chi connectivity index (χ0n) is 20.0. The van der Waals surface area contributed by atoms with E-state index in [0.29, 0.717) is 12.3 Å². The summed E-state index contributed by atoms with van der Waals surface area (Å²) in [5.41, 5.74) is 15.9. The molecular weight excluding hydrogens is 426 g/mol. The van der Waals surface area contributed by atoms with E-state index < -0.39 is 6.23 Å². The van der Waals surface area contributed by atoms with Crippen molar-refractivity contribution >= 4 is 11.4 Å². The van der Waals surface area contributed by atoms with Gasteiger partial charge in [-0.05, 0) is 55.5 Å². The molecule has 6 N–H and O–H groups in total. The summed E-state index contributed by atoms with van der Waals surface area (Å²) in [6.45, 7) is 4.76. The molecule has 1 saturated carbocycles. The molecule has 1 saturated heterocycles. The van der Waals surface area contributed by atoms with Gasteiger partial charge in [0.05, 0.1) is 11.8 Å². The predicted molar refractivity (Wildman–Crippen MR) is 138 cm³/mol. The van der Waals surface area contributed by atoms with Gasteiger partial charge in [0.1, 0.15) is 0 Å². The van der Waals surface area contributed by atoms with Crippen LogP contribution in [-0.2, 0) is 11.3 Å². The van der Waals surface area contributed by atoms with Crippen molar-refractivity contribution in [2.24, 2.45) is 5.73 Å². The van der Waals surface area contributed by atoms with E-state index in [9.17, 15) is 5.11 Å². The number of rotatable bonds is 9. The number of nitrogens with one attached hydrogen (secondary N) is 1. The van der Waals surface area contributed by atoms with E-state index in [4.69, 9.17) is 16.2 Å². The number of piperazine rings is 1. The third-order valence-corrected chi connectivity index (χ3v) is 6.79. The molecule has 184 valence electrons. The van der Waals surface area contributed by atoms with Crippen LogP contribution in [0.15, 0.2) is 66.1 Å². The fourth-order valence-electron chi connectivity index (χ4n) is 4.85. The molecule has 1 aliphatic heterocycles. The molecule has 0 spiro atoms. The number of aliphatic hydroxyl groups excluding tert-OH is 1. The largest absolute Gasteiger partial charge is 0.488 e. The highest BCUT2D eigenvalue weighted by molar-refractivity contribution is 5.44. The molecular formula is C27H39N5O2.